The first kappa shape index (κ1) is 30.7. The summed E-state index contributed by atoms with van der Waals surface area (Å²) in [5, 5.41) is 0. The van der Waals surface area contributed by atoms with Crippen LogP contribution in [0.3, 0.4) is 0 Å². The highest BCUT2D eigenvalue weighted by atomic mass is 32.3. The minimum Gasteiger partial charge on any atom is -0.650 e. The second-order valence-corrected chi connectivity index (χ2v) is 19.8. The van der Waals surface area contributed by atoms with E-state index >= 15 is 4.89 Å². The molecule has 0 spiro atoms. The summed E-state index contributed by atoms with van der Waals surface area (Å²) in [6.07, 6.45) is 3.37. The molecule has 1 unspecified atom stereocenters. The van der Waals surface area contributed by atoms with Crippen molar-refractivity contribution < 1.29 is 21.7 Å². The van der Waals surface area contributed by atoms with Crippen LogP contribution in [0.2, 0.25) is 0 Å². The van der Waals surface area contributed by atoms with Crippen LogP contribution < -0.4 is 4.89 Å². The summed E-state index contributed by atoms with van der Waals surface area (Å²) < 4.78 is 60.8. The smallest absolute Gasteiger partial charge is 0.224 e. The minimum atomic E-state index is -4.50. The van der Waals surface area contributed by atoms with Gasteiger partial charge in [0.15, 0.2) is 0 Å². The number of fused-ring (bicyclic) bond motifs is 1. The van der Waals surface area contributed by atoms with Gasteiger partial charge in [-0.25, -0.2) is 16.8 Å². The largest absolute Gasteiger partial charge is 0.650 e. The summed E-state index contributed by atoms with van der Waals surface area (Å²) in [4.78, 5) is 16.2. The quantitative estimate of drug-likeness (QED) is 0.208. The molecular formula is C35H37N2O5PS2. The molecule has 4 aromatic carbocycles. The first-order valence-corrected chi connectivity index (χ1v) is 20.2. The van der Waals surface area contributed by atoms with Gasteiger partial charge in [0.25, 0.3) is 0 Å². The van der Waals surface area contributed by atoms with Crippen molar-refractivity contribution in [2.24, 2.45) is 0 Å². The van der Waals surface area contributed by atoms with Gasteiger partial charge in [0.05, 0.1) is 35.0 Å². The van der Waals surface area contributed by atoms with Crippen LogP contribution in [-0.2, 0) is 32.8 Å². The van der Waals surface area contributed by atoms with Crippen molar-refractivity contribution in [3.63, 3.8) is 0 Å². The zero-order chi connectivity index (χ0) is 31.3. The highest BCUT2D eigenvalue weighted by Crippen LogP contribution is 2.81. The number of hydrogen-bond donors (Lipinski definition) is 0. The number of rotatable bonds is 9. The number of nitrogens with zero attached hydrogens (tertiary/aromatic N) is 2. The number of hydrogen-bond acceptors (Lipinski definition) is 7. The average molecular weight is 661 g/mol. The van der Waals surface area contributed by atoms with Crippen LogP contribution >= 0.6 is 7.79 Å². The Labute approximate surface area is 266 Å². The van der Waals surface area contributed by atoms with E-state index in [4.69, 9.17) is 0 Å². The summed E-state index contributed by atoms with van der Waals surface area (Å²) in [6, 6.07) is 35.0. The number of benzene rings is 4. The summed E-state index contributed by atoms with van der Waals surface area (Å²) in [5.41, 5.74) is 0.803. The van der Waals surface area contributed by atoms with Gasteiger partial charge in [-0.2, -0.15) is 9.34 Å². The second-order valence-electron chi connectivity index (χ2n) is 12.3. The molecule has 1 heterocycles. The summed E-state index contributed by atoms with van der Waals surface area (Å²) in [5.74, 6) is 0. The second kappa shape index (κ2) is 11.7. The molecule has 7 rings (SSSR count). The fourth-order valence-electron chi connectivity index (χ4n) is 7.60. The van der Waals surface area contributed by atoms with Gasteiger partial charge in [-0.1, -0.05) is 110 Å². The van der Waals surface area contributed by atoms with Gasteiger partial charge < -0.3 is 4.89 Å². The van der Waals surface area contributed by atoms with Gasteiger partial charge in [0.2, 0.25) is 23.8 Å². The van der Waals surface area contributed by atoms with E-state index in [2.05, 4.69) is 0 Å². The lowest BCUT2D eigenvalue weighted by Gasteiger charge is -2.42. The molecule has 7 nitrogen and oxygen atoms in total. The molecular weight excluding hydrogens is 624 g/mol. The van der Waals surface area contributed by atoms with Crippen LogP contribution in [0.1, 0.15) is 43.2 Å². The predicted octanol–water partition coefficient (Wildman–Crippen LogP) is 5.85. The first-order valence-electron chi connectivity index (χ1n) is 15.5. The van der Waals surface area contributed by atoms with E-state index < -0.39 is 37.2 Å². The van der Waals surface area contributed by atoms with Gasteiger partial charge in [-0.05, 0) is 48.2 Å². The molecule has 3 atom stereocenters. The van der Waals surface area contributed by atoms with E-state index in [9.17, 15) is 16.8 Å². The van der Waals surface area contributed by atoms with Gasteiger partial charge >= 0.3 is 0 Å². The van der Waals surface area contributed by atoms with E-state index in [1.54, 1.807) is 36.4 Å². The van der Waals surface area contributed by atoms with Crippen LogP contribution in [0.5, 0.6) is 0 Å². The molecule has 1 aliphatic heterocycles. The zero-order valence-electron chi connectivity index (χ0n) is 24.9. The molecule has 0 bridgehead atoms. The molecule has 4 aromatic rings. The lowest BCUT2D eigenvalue weighted by Crippen LogP contribution is -2.44. The molecule has 45 heavy (non-hydrogen) atoms. The Morgan fingerprint density at radius 1 is 0.600 bits per heavy atom. The van der Waals surface area contributed by atoms with E-state index in [0.717, 1.165) is 36.8 Å². The topological polar surface area (TPSA) is 97.8 Å². The average Bonchev–Trinajstić information content (AvgIpc) is 3.83. The molecule has 0 N–H and O–H groups in total. The highest BCUT2D eigenvalue weighted by molar-refractivity contribution is 8.11. The lowest BCUT2D eigenvalue weighted by atomic mass is 9.90. The Hall–Kier alpha value is -2.91. The molecule has 2 aliphatic carbocycles. The third kappa shape index (κ3) is 4.91. The molecule has 3 fully saturated rings. The maximum Gasteiger partial charge on any atom is 0.224 e. The normalized spacial score (nSPS) is 24.6. The van der Waals surface area contributed by atoms with Crippen molar-refractivity contribution in [2.45, 2.75) is 76.8 Å². The van der Waals surface area contributed by atoms with Crippen molar-refractivity contribution in [2.75, 3.05) is 0 Å². The zero-order valence-corrected chi connectivity index (χ0v) is 27.5. The van der Waals surface area contributed by atoms with Gasteiger partial charge in [0.1, 0.15) is 13.4 Å². The van der Waals surface area contributed by atoms with Crippen LogP contribution in [-0.4, -0.2) is 48.0 Å². The van der Waals surface area contributed by atoms with Crippen molar-refractivity contribution in [3.05, 3.63) is 132 Å². The van der Waals surface area contributed by atoms with Crippen LogP contribution in [0.4, 0.5) is 0 Å². The fraction of sp³-hybridized carbons (Fsp3) is 0.314. The van der Waals surface area contributed by atoms with Crippen LogP contribution in [0.25, 0.3) is 0 Å². The standard InChI is InChI=1S/C35H37N2O5PS2/c38-43(34-25-35(34,44(39,40)30-19-9-3-10-20-30)45(41,42)31-21-11-4-12-22-31)36(26-28-15-5-1-6-16-28)32-23-13-14-24-33(32)37(43)27-29-17-7-2-8-18-29/h1-12,15-22,32-34H,13-14,23-27H2/t32-,33-,34?/m1/s1. The van der Waals surface area contributed by atoms with Crippen molar-refractivity contribution in [1.82, 2.24) is 9.34 Å². The highest BCUT2D eigenvalue weighted by Gasteiger charge is 2.84. The molecule has 0 amide bonds. The molecule has 0 radical (unpaired) electrons. The monoisotopic (exact) mass is 660 g/mol. The van der Waals surface area contributed by atoms with Gasteiger partial charge in [0, 0.05) is 6.42 Å². The van der Waals surface area contributed by atoms with Crippen LogP contribution in [0.15, 0.2) is 131 Å². The predicted molar refractivity (Wildman–Crippen MR) is 175 cm³/mol. The Balaban J connectivity index is 1.43. The van der Waals surface area contributed by atoms with E-state index in [1.807, 2.05) is 70.0 Å². The van der Waals surface area contributed by atoms with E-state index in [-0.39, 0.29) is 28.3 Å². The third-order valence-electron chi connectivity index (χ3n) is 9.82. The third-order valence-corrected chi connectivity index (χ3v) is 19.8. The van der Waals surface area contributed by atoms with Crippen molar-refractivity contribution in [3.8, 4) is 0 Å². The van der Waals surface area contributed by atoms with Gasteiger partial charge in [-0.3, -0.25) is 0 Å². The van der Waals surface area contributed by atoms with Crippen molar-refractivity contribution >= 4 is 27.5 Å². The Bertz CT molecular complexity index is 1730. The molecule has 1 saturated heterocycles. The van der Waals surface area contributed by atoms with E-state index in [0.29, 0.717) is 13.1 Å². The van der Waals surface area contributed by atoms with Crippen molar-refractivity contribution in [1.29, 1.82) is 0 Å². The molecule has 3 aliphatic rings. The molecule has 2 saturated carbocycles. The first-order chi connectivity index (χ1) is 21.7. The van der Waals surface area contributed by atoms with Gasteiger partial charge in [-0.15, -0.1) is 0 Å². The van der Waals surface area contributed by atoms with E-state index in [1.165, 1.54) is 24.3 Å². The fourth-order valence-corrected chi connectivity index (χ4v) is 18.7. The summed E-state index contributed by atoms with van der Waals surface area (Å²) >= 11 is 0. The molecule has 234 valence electrons. The SMILES string of the molecule is O=S(=O)(c1ccccc1)C1(S(=O)(=O)c2ccccc2)CC1[P+]1([O-])N(Cc2ccccc2)[C@@H]2CCCC[C@H]2N1Cc1ccccc1. The minimum absolute atomic E-state index is 0.0700. The lowest BCUT2D eigenvalue weighted by molar-refractivity contribution is -0.192. The Kier molecular flexibility index (Phi) is 8.00. The Morgan fingerprint density at radius 3 is 1.33 bits per heavy atom. The summed E-state index contributed by atoms with van der Waals surface area (Å²) in [6.45, 7) is 0.710. The summed E-state index contributed by atoms with van der Waals surface area (Å²) in [7, 11) is -12.8. The maximum atomic E-state index is 16.3. The molecule has 10 heteroatoms. The molecule has 0 aromatic heterocycles. The maximum absolute atomic E-state index is 16.3. The Morgan fingerprint density at radius 2 is 0.956 bits per heavy atom. The number of sulfone groups is 2. The van der Waals surface area contributed by atoms with Crippen LogP contribution in [0, 0.1) is 0 Å².